The number of nitrogens with one attached hydrogen (secondary N) is 1. The van der Waals surface area contributed by atoms with E-state index in [9.17, 15) is 9.59 Å². The van der Waals surface area contributed by atoms with Crippen LogP contribution < -0.4 is 20.3 Å². The summed E-state index contributed by atoms with van der Waals surface area (Å²) in [5, 5.41) is 4.09. The van der Waals surface area contributed by atoms with Gasteiger partial charge in [-0.1, -0.05) is 53.2 Å². The third-order valence-corrected chi connectivity index (χ3v) is 6.66. The van der Waals surface area contributed by atoms with Crippen LogP contribution in [0.25, 0.3) is 16.6 Å². The maximum atomic E-state index is 13.4. The highest BCUT2D eigenvalue weighted by molar-refractivity contribution is 7.99. The number of halogens is 1. The summed E-state index contributed by atoms with van der Waals surface area (Å²) >= 11 is 7.46. The van der Waals surface area contributed by atoms with E-state index in [-0.39, 0.29) is 24.0 Å². The number of carbonyl (C=O) groups excluding carboxylic acids is 1. The molecule has 0 fully saturated rings. The number of rotatable bonds is 5. The molecule has 1 N–H and O–H groups in total. The number of carbonyl (C=O) groups is 1. The van der Waals surface area contributed by atoms with Crippen molar-refractivity contribution >= 4 is 45.9 Å². The average molecular weight is 494 g/mol. The molecule has 5 rings (SSSR count). The van der Waals surface area contributed by atoms with Gasteiger partial charge in [0, 0.05) is 12.1 Å². The maximum absolute atomic E-state index is 13.4. The van der Waals surface area contributed by atoms with Crippen molar-refractivity contribution in [1.82, 2.24) is 9.55 Å². The zero-order chi connectivity index (χ0) is 23.8. The topological polar surface area (TPSA) is 82.5 Å². The van der Waals surface area contributed by atoms with Crippen molar-refractivity contribution in [2.75, 3.05) is 17.9 Å². The van der Waals surface area contributed by atoms with E-state index in [0.29, 0.717) is 38.3 Å². The molecule has 1 amide bonds. The highest BCUT2D eigenvalue weighted by Crippen LogP contribution is 2.39. The SMILES string of the molecule is Cc1ccc(-n2c(SCC(=O)Nc3cc4c(cc3Cl)OCO4)nc3ccccc3c2=O)c(C)c1. The molecule has 0 bridgehead atoms. The zero-order valence-electron chi connectivity index (χ0n) is 18.4. The summed E-state index contributed by atoms with van der Waals surface area (Å²) in [6.07, 6.45) is 0. The Morgan fingerprint density at radius 2 is 1.88 bits per heavy atom. The third kappa shape index (κ3) is 4.22. The van der Waals surface area contributed by atoms with Crippen LogP contribution in [0.2, 0.25) is 5.02 Å². The molecule has 1 aliphatic rings. The fourth-order valence-electron chi connectivity index (χ4n) is 3.81. The monoisotopic (exact) mass is 493 g/mol. The number of ether oxygens (including phenoxy) is 2. The molecule has 1 aromatic heterocycles. The minimum absolute atomic E-state index is 0.0282. The summed E-state index contributed by atoms with van der Waals surface area (Å²) in [6.45, 7) is 4.06. The molecule has 7 nitrogen and oxygen atoms in total. The smallest absolute Gasteiger partial charge is 0.266 e. The first-order valence-electron chi connectivity index (χ1n) is 10.5. The Morgan fingerprint density at radius 1 is 1.12 bits per heavy atom. The lowest BCUT2D eigenvalue weighted by Gasteiger charge is -2.15. The molecule has 34 heavy (non-hydrogen) atoms. The van der Waals surface area contributed by atoms with Crippen LogP contribution in [0.4, 0.5) is 5.69 Å². The number of fused-ring (bicyclic) bond motifs is 2. The van der Waals surface area contributed by atoms with Gasteiger partial charge in [-0.3, -0.25) is 14.2 Å². The largest absolute Gasteiger partial charge is 0.454 e. The molecule has 0 saturated carbocycles. The lowest BCUT2D eigenvalue weighted by atomic mass is 10.1. The Bertz CT molecular complexity index is 1500. The minimum atomic E-state index is -0.291. The standard InChI is InChI=1S/C25H20ClN3O4S/c1-14-7-8-20(15(2)9-14)29-24(31)16-5-3-4-6-18(16)28-25(29)34-12-23(30)27-19-11-22-21(10-17(19)26)32-13-33-22/h3-11H,12-13H2,1-2H3,(H,27,30). The van der Waals surface area contributed by atoms with Gasteiger partial charge in [0.1, 0.15) is 0 Å². The van der Waals surface area contributed by atoms with Gasteiger partial charge in [-0.05, 0) is 37.6 Å². The maximum Gasteiger partial charge on any atom is 0.266 e. The first-order chi connectivity index (χ1) is 16.4. The zero-order valence-corrected chi connectivity index (χ0v) is 20.0. The van der Waals surface area contributed by atoms with E-state index in [4.69, 9.17) is 26.1 Å². The van der Waals surface area contributed by atoms with Gasteiger partial charge >= 0.3 is 0 Å². The van der Waals surface area contributed by atoms with Crippen molar-refractivity contribution in [3.05, 3.63) is 81.1 Å². The van der Waals surface area contributed by atoms with E-state index in [1.807, 2.05) is 44.2 Å². The average Bonchev–Trinajstić information content (AvgIpc) is 3.26. The van der Waals surface area contributed by atoms with Gasteiger partial charge in [-0.2, -0.15) is 0 Å². The number of aromatic nitrogens is 2. The summed E-state index contributed by atoms with van der Waals surface area (Å²) < 4.78 is 12.2. The highest BCUT2D eigenvalue weighted by atomic mass is 35.5. The number of para-hydroxylation sites is 1. The number of thioether (sulfide) groups is 1. The van der Waals surface area contributed by atoms with Crippen molar-refractivity contribution in [3.63, 3.8) is 0 Å². The Kier molecular flexibility index (Phi) is 5.93. The molecular formula is C25H20ClN3O4S. The van der Waals surface area contributed by atoms with Crippen LogP contribution in [0.15, 0.2) is 64.5 Å². The van der Waals surface area contributed by atoms with Crippen molar-refractivity contribution in [1.29, 1.82) is 0 Å². The van der Waals surface area contributed by atoms with Gasteiger partial charge in [0.25, 0.3) is 5.56 Å². The van der Waals surface area contributed by atoms with E-state index < -0.39 is 0 Å². The molecule has 0 atom stereocenters. The molecule has 172 valence electrons. The number of hydrogen-bond acceptors (Lipinski definition) is 6. The summed E-state index contributed by atoms with van der Waals surface area (Å²) in [4.78, 5) is 30.9. The van der Waals surface area contributed by atoms with Crippen LogP contribution in [-0.2, 0) is 4.79 Å². The molecule has 3 aromatic carbocycles. The predicted molar refractivity (Wildman–Crippen MR) is 134 cm³/mol. The molecular weight excluding hydrogens is 474 g/mol. The lowest BCUT2D eigenvalue weighted by Crippen LogP contribution is -2.23. The number of aryl methyl sites for hydroxylation is 2. The summed E-state index contributed by atoms with van der Waals surface area (Å²) in [5.41, 5.74) is 3.59. The highest BCUT2D eigenvalue weighted by Gasteiger charge is 2.19. The van der Waals surface area contributed by atoms with Crippen LogP contribution in [0.3, 0.4) is 0 Å². The second kappa shape index (κ2) is 9.04. The number of anilines is 1. The fourth-order valence-corrected chi connectivity index (χ4v) is 4.81. The van der Waals surface area contributed by atoms with Crippen molar-refractivity contribution in [2.45, 2.75) is 19.0 Å². The molecule has 0 aliphatic carbocycles. The second-order valence-electron chi connectivity index (χ2n) is 7.86. The van der Waals surface area contributed by atoms with Crippen LogP contribution in [0.5, 0.6) is 11.5 Å². The molecule has 9 heteroatoms. The molecule has 4 aromatic rings. The molecule has 0 saturated heterocycles. The lowest BCUT2D eigenvalue weighted by molar-refractivity contribution is -0.113. The van der Waals surface area contributed by atoms with E-state index in [2.05, 4.69) is 5.32 Å². The second-order valence-corrected chi connectivity index (χ2v) is 9.21. The van der Waals surface area contributed by atoms with E-state index in [0.717, 1.165) is 16.8 Å². The minimum Gasteiger partial charge on any atom is -0.454 e. The fraction of sp³-hybridized carbons (Fsp3) is 0.160. The third-order valence-electron chi connectivity index (χ3n) is 5.41. The number of hydrogen-bond donors (Lipinski definition) is 1. The number of benzene rings is 3. The van der Waals surface area contributed by atoms with Crippen molar-refractivity contribution < 1.29 is 14.3 Å². The van der Waals surface area contributed by atoms with Crippen LogP contribution in [0.1, 0.15) is 11.1 Å². The Hall–Kier alpha value is -3.49. The van der Waals surface area contributed by atoms with Gasteiger partial charge in [-0.15, -0.1) is 0 Å². The molecule has 0 radical (unpaired) electrons. The van der Waals surface area contributed by atoms with Crippen LogP contribution in [-0.4, -0.2) is 28.0 Å². The molecule has 0 unspecified atom stereocenters. The Morgan fingerprint density at radius 3 is 2.68 bits per heavy atom. The van der Waals surface area contributed by atoms with Gasteiger partial charge in [0.05, 0.1) is 33.1 Å². The Balaban J connectivity index is 1.46. The first-order valence-corrected chi connectivity index (χ1v) is 11.9. The van der Waals surface area contributed by atoms with Gasteiger partial charge < -0.3 is 14.8 Å². The Labute approximate surface area is 204 Å². The van der Waals surface area contributed by atoms with Gasteiger partial charge in [0.15, 0.2) is 16.7 Å². The predicted octanol–water partition coefficient (Wildman–Crippen LogP) is 5.12. The molecule has 2 heterocycles. The number of amides is 1. The van der Waals surface area contributed by atoms with Gasteiger partial charge in [-0.25, -0.2) is 4.98 Å². The summed E-state index contributed by atoms with van der Waals surface area (Å²) in [5.74, 6) is 0.795. The molecule has 0 spiro atoms. The van der Waals surface area contributed by atoms with E-state index in [1.54, 1.807) is 28.8 Å². The van der Waals surface area contributed by atoms with Crippen molar-refractivity contribution in [3.8, 4) is 17.2 Å². The first kappa shape index (κ1) is 22.3. The van der Waals surface area contributed by atoms with Gasteiger partial charge in [0.2, 0.25) is 12.7 Å². The van der Waals surface area contributed by atoms with E-state index >= 15 is 0 Å². The summed E-state index contributed by atoms with van der Waals surface area (Å²) in [7, 11) is 0. The van der Waals surface area contributed by atoms with Crippen LogP contribution >= 0.6 is 23.4 Å². The summed E-state index contributed by atoms with van der Waals surface area (Å²) in [6, 6.07) is 16.3. The van der Waals surface area contributed by atoms with E-state index in [1.165, 1.54) is 11.8 Å². The van der Waals surface area contributed by atoms with Crippen molar-refractivity contribution in [2.24, 2.45) is 0 Å². The normalized spacial score (nSPS) is 12.2. The van der Waals surface area contributed by atoms with Crippen LogP contribution in [0, 0.1) is 13.8 Å². The quantitative estimate of drug-likeness (QED) is 0.307. The number of nitrogens with zero attached hydrogens (tertiary/aromatic N) is 2. The molecule has 1 aliphatic heterocycles.